The highest BCUT2D eigenvalue weighted by molar-refractivity contribution is 7.92. The first-order chi connectivity index (χ1) is 15.2. The lowest BCUT2D eigenvalue weighted by Gasteiger charge is -2.24. The van der Waals surface area contributed by atoms with Crippen molar-refractivity contribution < 1.29 is 27.5 Å². The zero-order valence-corrected chi connectivity index (χ0v) is 18.8. The van der Waals surface area contributed by atoms with E-state index >= 15 is 0 Å². The Labute approximate surface area is 191 Å². The molecule has 0 saturated carbocycles. The van der Waals surface area contributed by atoms with E-state index in [0.29, 0.717) is 6.54 Å². The van der Waals surface area contributed by atoms with Crippen molar-refractivity contribution in [3.8, 4) is 0 Å². The number of nitrogens with zero attached hydrogens (tertiary/aromatic N) is 1. The summed E-state index contributed by atoms with van der Waals surface area (Å²) < 4.78 is 32.4. The van der Waals surface area contributed by atoms with Gasteiger partial charge >= 0.3 is 12.0 Å². The molecule has 0 bridgehead atoms. The van der Waals surface area contributed by atoms with Gasteiger partial charge in [-0.3, -0.25) is 14.4 Å². The number of carbonyl (C=O) groups excluding carboxylic acids is 3. The minimum atomic E-state index is -4.11. The second-order valence-corrected chi connectivity index (χ2v) is 8.56. The van der Waals surface area contributed by atoms with Crippen molar-refractivity contribution in [3.63, 3.8) is 0 Å². The van der Waals surface area contributed by atoms with Crippen molar-refractivity contribution in [1.82, 2.24) is 10.6 Å². The van der Waals surface area contributed by atoms with Gasteiger partial charge in [0.2, 0.25) is 0 Å². The number of esters is 1. The van der Waals surface area contributed by atoms with E-state index in [4.69, 9.17) is 16.3 Å². The van der Waals surface area contributed by atoms with Crippen LogP contribution in [-0.2, 0) is 19.6 Å². The van der Waals surface area contributed by atoms with Crippen molar-refractivity contribution in [1.29, 1.82) is 0 Å². The molecule has 3 amide bonds. The molecule has 32 heavy (non-hydrogen) atoms. The second-order valence-electron chi connectivity index (χ2n) is 6.29. The molecule has 0 aromatic heterocycles. The number of imide groups is 1. The molecule has 0 saturated heterocycles. The Morgan fingerprint density at radius 1 is 1.16 bits per heavy atom. The quantitative estimate of drug-likeness (QED) is 0.421. The molecule has 2 N–H and O–H groups in total. The van der Waals surface area contributed by atoms with Gasteiger partial charge in [0.15, 0.2) is 6.61 Å². The van der Waals surface area contributed by atoms with E-state index in [-0.39, 0.29) is 27.7 Å². The summed E-state index contributed by atoms with van der Waals surface area (Å²) in [4.78, 5) is 35.1. The zero-order chi connectivity index (χ0) is 23.7. The minimum Gasteiger partial charge on any atom is -0.452 e. The fraction of sp³-hybridized carbons (Fsp3) is 0.190. The first-order valence-electron chi connectivity index (χ1n) is 9.43. The van der Waals surface area contributed by atoms with Crippen molar-refractivity contribution in [2.24, 2.45) is 0 Å². The number of urea groups is 1. The number of ether oxygens (including phenoxy) is 1. The molecule has 0 spiro atoms. The van der Waals surface area contributed by atoms with E-state index in [2.05, 4.69) is 11.9 Å². The predicted octanol–water partition coefficient (Wildman–Crippen LogP) is 2.72. The summed E-state index contributed by atoms with van der Waals surface area (Å²) >= 11 is 6.18. The van der Waals surface area contributed by atoms with Gasteiger partial charge in [-0.25, -0.2) is 18.0 Å². The van der Waals surface area contributed by atoms with Crippen LogP contribution in [-0.4, -0.2) is 46.0 Å². The van der Waals surface area contributed by atoms with Crippen molar-refractivity contribution in [3.05, 3.63) is 71.8 Å². The number of amides is 3. The first-order valence-corrected chi connectivity index (χ1v) is 11.3. The maximum absolute atomic E-state index is 13.3. The zero-order valence-electron chi connectivity index (χ0n) is 17.2. The number of hydrogen-bond donors (Lipinski definition) is 2. The van der Waals surface area contributed by atoms with Gasteiger partial charge in [0, 0.05) is 6.54 Å². The van der Waals surface area contributed by atoms with E-state index in [1.165, 1.54) is 24.3 Å². The van der Waals surface area contributed by atoms with Crippen LogP contribution in [0, 0.1) is 0 Å². The van der Waals surface area contributed by atoms with Crippen molar-refractivity contribution >= 4 is 45.2 Å². The molecule has 2 aromatic rings. The topological polar surface area (TPSA) is 122 Å². The van der Waals surface area contributed by atoms with Gasteiger partial charge < -0.3 is 10.1 Å². The summed E-state index contributed by atoms with van der Waals surface area (Å²) in [6.45, 7) is 4.81. The molecule has 170 valence electrons. The lowest BCUT2D eigenvalue weighted by molar-refractivity contribution is -0.123. The average molecular weight is 480 g/mol. The summed E-state index contributed by atoms with van der Waals surface area (Å²) in [6, 6.07) is 10.9. The second kappa shape index (κ2) is 11.3. The lowest BCUT2D eigenvalue weighted by Crippen LogP contribution is -2.41. The molecule has 0 aliphatic rings. The highest BCUT2D eigenvalue weighted by Crippen LogP contribution is 2.30. The highest BCUT2D eigenvalue weighted by atomic mass is 35.5. The molecule has 0 heterocycles. The number of sulfonamides is 1. The molecule has 9 nitrogen and oxygen atoms in total. The molecule has 2 rings (SSSR count). The lowest BCUT2D eigenvalue weighted by atomic mass is 10.2. The van der Waals surface area contributed by atoms with Gasteiger partial charge in [-0.15, -0.1) is 6.58 Å². The van der Waals surface area contributed by atoms with Gasteiger partial charge in [0.25, 0.3) is 15.9 Å². The minimum absolute atomic E-state index is 0.0548. The third-order valence-electron chi connectivity index (χ3n) is 4.00. The smallest absolute Gasteiger partial charge is 0.338 e. The van der Waals surface area contributed by atoms with Crippen LogP contribution in [0.5, 0.6) is 0 Å². The molecule has 0 fully saturated rings. The third-order valence-corrected chi connectivity index (χ3v) is 6.09. The summed E-state index contributed by atoms with van der Waals surface area (Å²) in [7, 11) is -4.11. The Morgan fingerprint density at radius 3 is 2.53 bits per heavy atom. The number of halogens is 1. The Bertz CT molecular complexity index is 1120. The van der Waals surface area contributed by atoms with E-state index in [1.54, 1.807) is 31.2 Å². The van der Waals surface area contributed by atoms with Gasteiger partial charge in [-0.1, -0.05) is 35.9 Å². The van der Waals surface area contributed by atoms with E-state index in [9.17, 15) is 22.8 Å². The van der Waals surface area contributed by atoms with Crippen LogP contribution in [0.3, 0.4) is 0 Å². The van der Waals surface area contributed by atoms with Crippen LogP contribution in [0.15, 0.2) is 66.1 Å². The SMILES string of the molecule is C=CCN(c1ccccc1Cl)S(=O)(=O)c1cccc(C(=O)OCC(=O)NC(=O)NCC)c1. The Kier molecular flexibility index (Phi) is 8.80. The van der Waals surface area contributed by atoms with Crippen LogP contribution in [0.4, 0.5) is 10.5 Å². The molecule has 11 heteroatoms. The predicted molar refractivity (Wildman–Crippen MR) is 120 cm³/mol. The Morgan fingerprint density at radius 2 is 1.88 bits per heavy atom. The number of anilines is 1. The molecule has 2 aromatic carbocycles. The molecule has 0 atom stereocenters. The Balaban J connectivity index is 2.22. The standard InChI is InChI=1S/C21H22ClN3O6S/c1-3-12-25(18-11-6-5-10-17(18)22)32(29,30)16-9-7-8-15(13-16)20(27)31-14-19(26)24-21(28)23-4-2/h3,5-11,13H,1,4,12,14H2,2H3,(H2,23,24,26,28). The molecule has 0 unspecified atom stereocenters. The summed E-state index contributed by atoms with van der Waals surface area (Å²) in [5, 5.41) is 4.57. The summed E-state index contributed by atoms with van der Waals surface area (Å²) in [5.74, 6) is -1.76. The van der Waals surface area contributed by atoms with Gasteiger partial charge in [-0.05, 0) is 37.3 Å². The Hall–Kier alpha value is -3.37. The molecule has 0 radical (unpaired) electrons. The average Bonchev–Trinajstić information content (AvgIpc) is 2.76. The van der Waals surface area contributed by atoms with E-state index < -0.39 is 34.5 Å². The number of nitrogens with one attached hydrogen (secondary N) is 2. The summed E-state index contributed by atoms with van der Waals surface area (Å²) in [5.41, 5.74) is 0.165. The van der Waals surface area contributed by atoms with Crippen LogP contribution in [0.2, 0.25) is 5.02 Å². The van der Waals surface area contributed by atoms with Crippen molar-refractivity contribution in [2.45, 2.75) is 11.8 Å². The monoisotopic (exact) mass is 479 g/mol. The van der Waals surface area contributed by atoms with Crippen LogP contribution < -0.4 is 14.9 Å². The van der Waals surface area contributed by atoms with Crippen LogP contribution in [0.1, 0.15) is 17.3 Å². The van der Waals surface area contributed by atoms with E-state index in [0.717, 1.165) is 10.4 Å². The van der Waals surface area contributed by atoms with Gasteiger partial charge in [-0.2, -0.15) is 0 Å². The van der Waals surface area contributed by atoms with Crippen LogP contribution >= 0.6 is 11.6 Å². The number of rotatable bonds is 9. The summed E-state index contributed by atoms with van der Waals surface area (Å²) in [6.07, 6.45) is 1.41. The maximum atomic E-state index is 13.3. The van der Waals surface area contributed by atoms with Gasteiger partial charge in [0.05, 0.1) is 27.7 Å². The van der Waals surface area contributed by atoms with E-state index in [1.807, 2.05) is 5.32 Å². The fourth-order valence-electron chi connectivity index (χ4n) is 2.59. The number of hydrogen-bond acceptors (Lipinski definition) is 6. The molecule has 0 aliphatic carbocycles. The normalized spacial score (nSPS) is 10.7. The molecular weight excluding hydrogens is 458 g/mol. The molecule has 0 aliphatic heterocycles. The molecular formula is C21H22ClN3O6S. The third kappa shape index (κ3) is 6.32. The largest absolute Gasteiger partial charge is 0.452 e. The fourth-order valence-corrected chi connectivity index (χ4v) is 4.38. The van der Waals surface area contributed by atoms with Gasteiger partial charge in [0.1, 0.15) is 0 Å². The number of carbonyl (C=O) groups is 3. The maximum Gasteiger partial charge on any atom is 0.338 e. The highest BCUT2D eigenvalue weighted by Gasteiger charge is 2.26. The van der Waals surface area contributed by atoms with Crippen LogP contribution in [0.25, 0.3) is 0 Å². The van der Waals surface area contributed by atoms with Crippen molar-refractivity contribution in [2.75, 3.05) is 24.0 Å². The number of benzene rings is 2. The number of para-hydroxylation sites is 1. The first kappa shape index (κ1) is 24.9.